The van der Waals surface area contributed by atoms with Crippen molar-refractivity contribution in [2.75, 3.05) is 4.90 Å². The molecule has 116 valence electrons. The number of anilines is 3. The number of rotatable bonds is 3. The highest BCUT2D eigenvalue weighted by Gasteiger charge is 2.16. The number of halogens is 2. The zero-order chi connectivity index (χ0) is 16.4. The summed E-state index contributed by atoms with van der Waals surface area (Å²) >= 11 is 0. The minimum Gasteiger partial charge on any atom is -0.308 e. The predicted octanol–water partition coefficient (Wildman–Crippen LogP) is 6.05. The SMILES string of the molecule is Cc1ccc(N(c2ccc(C)cc2)c2ccc(F)cc2F)cc1. The van der Waals surface area contributed by atoms with Crippen LogP contribution in [-0.2, 0) is 0 Å². The van der Waals surface area contributed by atoms with E-state index in [2.05, 4.69) is 0 Å². The zero-order valence-electron chi connectivity index (χ0n) is 13.1. The number of hydrogen-bond acceptors (Lipinski definition) is 1. The molecule has 0 spiro atoms. The van der Waals surface area contributed by atoms with Gasteiger partial charge in [-0.1, -0.05) is 35.4 Å². The summed E-state index contributed by atoms with van der Waals surface area (Å²) in [6.45, 7) is 4.00. The summed E-state index contributed by atoms with van der Waals surface area (Å²) in [5.41, 5.74) is 4.21. The third kappa shape index (κ3) is 3.24. The summed E-state index contributed by atoms with van der Waals surface area (Å²) in [5, 5.41) is 0. The van der Waals surface area contributed by atoms with Crippen LogP contribution in [0.15, 0.2) is 66.7 Å². The largest absolute Gasteiger partial charge is 0.308 e. The number of nitrogens with zero attached hydrogens (tertiary/aromatic N) is 1. The Morgan fingerprint density at radius 2 is 1.13 bits per heavy atom. The molecule has 0 fully saturated rings. The first kappa shape index (κ1) is 15.2. The van der Waals surface area contributed by atoms with E-state index in [0.29, 0.717) is 5.69 Å². The lowest BCUT2D eigenvalue weighted by Crippen LogP contribution is -2.11. The Bertz CT molecular complexity index is 763. The lowest BCUT2D eigenvalue weighted by atomic mass is 10.1. The molecule has 1 nitrogen and oxygen atoms in total. The molecule has 0 unspecified atom stereocenters. The van der Waals surface area contributed by atoms with E-state index < -0.39 is 11.6 Å². The predicted molar refractivity (Wildman–Crippen MR) is 90.5 cm³/mol. The Morgan fingerprint density at radius 3 is 1.57 bits per heavy atom. The van der Waals surface area contributed by atoms with Crippen LogP contribution in [0.25, 0.3) is 0 Å². The van der Waals surface area contributed by atoms with Crippen molar-refractivity contribution in [3.8, 4) is 0 Å². The van der Waals surface area contributed by atoms with E-state index in [1.807, 2.05) is 62.4 Å². The highest BCUT2D eigenvalue weighted by molar-refractivity contribution is 5.76. The number of benzene rings is 3. The van der Waals surface area contributed by atoms with Crippen LogP contribution in [0, 0.1) is 25.5 Å². The van der Waals surface area contributed by atoms with Gasteiger partial charge in [0, 0.05) is 17.4 Å². The van der Waals surface area contributed by atoms with Crippen LogP contribution in [0.2, 0.25) is 0 Å². The molecular formula is C20H17F2N. The van der Waals surface area contributed by atoms with Crippen molar-refractivity contribution in [2.45, 2.75) is 13.8 Å². The second-order valence-electron chi connectivity index (χ2n) is 5.60. The summed E-state index contributed by atoms with van der Waals surface area (Å²) in [6.07, 6.45) is 0. The van der Waals surface area contributed by atoms with Gasteiger partial charge < -0.3 is 4.90 Å². The molecule has 0 aromatic heterocycles. The smallest absolute Gasteiger partial charge is 0.150 e. The van der Waals surface area contributed by atoms with Gasteiger partial charge in [-0.15, -0.1) is 0 Å². The maximum absolute atomic E-state index is 14.3. The summed E-state index contributed by atoms with van der Waals surface area (Å²) in [7, 11) is 0. The molecule has 0 aliphatic carbocycles. The van der Waals surface area contributed by atoms with E-state index >= 15 is 0 Å². The van der Waals surface area contributed by atoms with E-state index in [4.69, 9.17) is 0 Å². The molecule has 0 amide bonds. The van der Waals surface area contributed by atoms with Gasteiger partial charge >= 0.3 is 0 Å². The van der Waals surface area contributed by atoms with Crippen molar-refractivity contribution in [3.05, 3.63) is 89.5 Å². The normalized spacial score (nSPS) is 10.6. The maximum atomic E-state index is 14.3. The van der Waals surface area contributed by atoms with E-state index in [1.54, 1.807) is 4.90 Å². The van der Waals surface area contributed by atoms with Gasteiger partial charge in [0.1, 0.15) is 11.6 Å². The molecule has 3 aromatic carbocycles. The first-order valence-corrected chi connectivity index (χ1v) is 7.43. The summed E-state index contributed by atoms with van der Waals surface area (Å²) in [4.78, 5) is 1.79. The van der Waals surface area contributed by atoms with Crippen molar-refractivity contribution in [1.29, 1.82) is 0 Å². The lowest BCUT2D eigenvalue weighted by Gasteiger charge is -2.26. The zero-order valence-corrected chi connectivity index (χ0v) is 13.1. The highest BCUT2D eigenvalue weighted by Crippen LogP contribution is 2.36. The second kappa shape index (κ2) is 6.21. The van der Waals surface area contributed by atoms with Crippen LogP contribution in [0.4, 0.5) is 25.8 Å². The van der Waals surface area contributed by atoms with Crippen molar-refractivity contribution >= 4 is 17.1 Å². The highest BCUT2D eigenvalue weighted by atomic mass is 19.1. The molecule has 3 heteroatoms. The summed E-state index contributed by atoms with van der Waals surface area (Å²) < 4.78 is 27.6. The molecular weight excluding hydrogens is 292 g/mol. The van der Waals surface area contributed by atoms with E-state index in [0.717, 1.165) is 28.6 Å². The van der Waals surface area contributed by atoms with Gasteiger partial charge in [-0.25, -0.2) is 8.78 Å². The maximum Gasteiger partial charge on any atom is 0.150 e. The van der Waals surface area contributed by atoms with Crippen molar-refractivity contribution in [1.82, 2.24) is 0 Å². The molecule has 0 bridgehead atoms. The van der Waals surface area contributed by atoms with Gasteiger partial charge in [-0.2, -0.15) is 0 Å². The average Bonchev–Trinajstić information content (AvgIpc) is 2.53. The van der Waals surface area contributed by atoms with Crippen molar-refractivity contribution in [2.24, 2.45) is 0 Å². The van der Waals surface area contributed by atoms with E-state index in [-0.39, 0.29) is 0 Å². The fourth-order valence-corrected chi connectivity index (χ4v) is 2.48. The first-order valence-electron chi connectivity index (χ1n) is 7.43. The molecule has 3 rings (SSSR count). The standard InChI is InChI=1S/C20H17F2N/c1-14-3-8-17(9-4-14)23(18-10-5-15(2)6-11-18)20-12-7-16(21)13-19(20)22/h3-13H,1-2H3. The molecule has 0 saturated carbocycles. The van der Waals surface area contributed by atoms with Crippen LogP contribution in [0.3, 0.4) is 0 Å². The summed E-state index contributed by atoms with van der Waals surface area (Å²) in [5.74, 6) is -1.18. The molecule has 23 heavy (non-hydrogen) atoms. The molecule has 3 aromatic rings. The van der Waals surface area contributed by atoms with Crippen molar-refractivity contribution < 1.29 is 8.78 Å². The van der Waals surface area contributed by atoms with Gasteiger partial charge in [0.2, 0.25) is 0 Å². The Morgan fingerprint density at radius 1 is 0.652 bits per heavy atom. The van der Waals surface area contributed by atoms with E-state index in [1.165, 1.54) is 12.1 Å². The van der Waals surface area contributed by atoms with Gasteiger partial charge in [-0.05, 0) is 50.2 Å². The van der Waals surface area contributed by atoms with Crippen LogP contribution < -0.4 is 4.90 Å². The second-order valence-corrected chi connectivity index (χ2v) is 5.60. The van der Waals surface area contributed by atoms with Gasteiger partial charge in [-0.3, -0.25) is 0 Å². The fourth-order valence-electron chi connectivity index (χ4n) is 2.48. The lowest BCUT2D eigenvalue weighted by molar-refractivity contribution is 0.584. The van der Waals surface area contributed by atoms with Crippen LogP contribution in [-0.4, -0.2) is 0 Å². The van der Waals surface area contributed by atoms with Gasteiger partial charge in [0.15, 0.2) is 0 Å². The first-order chi connectivity index (χ1) is 11.0. The molecule has 0 aliphatic rings. The summed E-state index contributed by atoms with van der Waals surface area (Å²) in [6, 6.07) is 19.2. The Hall–Kier alpha value is -2.68. The van der Waals surface area contributed by atoms with Crippen LogP contribution >= 0.6 is 0 Å². The monoisotopic (exact) mass is 309 g/mol. The number of aryl methyl sites for hydroxylation is 2. The van der Waals surface area contributed by atoms with Crippen LogP contribution in [0.5, 0.6) is 0 Å². The van der Waals surface area contributed by atoms with Gasteiger partial charge in [0.25, 0.3) is 0 Å². The molecule has 0 N–H and O–H groups in total. The molecule has 0 aliphatic heterocycles. The average molecular weight is 309 g/mol. The Balaban J connectivity index is 2.16. The topological polar surface area (TPSA) is 3.24 Å². The Kier molecular flexibility index (Phi) is 4.11. The third-order valence-electron chi connectivity index (χ3n) is 3.73. The minimum atomic E-state index is -0.592. The van der Waals surface area contributed by atoms with Gasteiger partial charge in [0.05, 0.1) is 5.69 Å². The minimum absolute atomic E-state index is 0.319. The fraction of sp³-hybridized carbons (Fsp3) is 0.100. The van der Waals surface area contributed by atoms with E-state index in [9.17, 15) is 8.78 Å². The van der Waals surface area contributed by atoms with Crippen molar-refractivity contribution in [3.63, 3.8) is 0 Å². The molecule has 0 atom stereocenters. The number of hydrogen-bond donors (Lipinski definition) is 0. The van der Waals surface area contributed by atoms with Crippen LogP contribution in [0.1, 0.15) is 11.1 Å². The molecule has 0 saturated heterocycles. The Labute approximate surface area is 134 Å². The molecule has 0 heterocycles. The molecule has 0 radical (unpaired) electrons. The third-order valence-corrected chi connectivity index (χ3v) is 3.73. The quantitative estimate of drug-likeness (QED) is 0.569.